The molecule has 14 heteroatoms. The number of aliphatic hydroxyl groups excluding tert-OH is 6. The summed E-state index contributed by atoms with van der Waals surface area (Å²) >= 11 is 0. The predicted molar refractivity (Wildman–Crippen MR) is 189 cm³/mol. The first-order chi connectivity index (χ1) is 25.5. The van der Waals surface area contributed by atoms with Gasteiger partial charge in [-0.2, -0.15) is 0 Å². The van der Waals surface area contributed by atoms with Crippen molar-refractivity contribution in [1.82, 2.24) is 0 Å². The van der Waals surface area contributed by atoms with Crippen LogP contribution in [0.1, 0.15) is 92.4 Å². The molecule has 0 unspecified atom stereocenters. The van der Waals surface area contributed by atoms with Gasteiger partial charge in [-0.05, 0) is 81.5 Å². The van der Waals surface area contributed by atoms with Crippen LogP contribution in [0.4, 0.5) is 0 Å². The molecule has 0 aromatic heterocycles. The summed E-state index contributed by atoms with van der Waals surface area (Å²) in [6.45, 7) is 9.90. The molecule has 4 saturated heterocycles. The summed E-state index contributed by atoms with van der Waals surface area (Å²) in [5.74, 6) is 0.347. The molecule has 14 nitrogen and oxygen atoms in total. The van der Waals surface area contributed by atoms with Gasteiger partial charge < -0.3 is 68.9 Å². The quantitative estimate of drug-likeness (QED) is 0.191. The van der Waals surface area contributed by atoms with E-state index in [1.54, 1.807) is 7.11 Å². The highest BCUT2D eigenvalue weighted by atomic mass is 16.8. The van der Waals surface area contributed by atoms with E-state index in [-0.39, 0.29) is 41.2 Å². The van der Waals surface area contributed by atoms with Crippen molar-refractivity contribution in [3.05, 3.63) is 11.6 Å². The highest BCUT2D eigenvalue weighted by Gasteiger charge is 2.76. The first-order valence-corrected chi connectivity index (χ1v) is 20.5. The Morgan fingerprint density at radius 3 is 2.28 bits per heavy atom. The molecule has 4 aliphatic heterocycles. The van der Waals surface area contributed by atoms with E-state index in [0.717, 1.165) is 44.9 Å². The molecule has 0 bridgehead atoms. The Morgan fingerprint density at radius 1 is 0.796 bits per heavy atom. The zero-order valence-corrected chi connectivity index (χ0v) is 32.5. The Labute approximate surface area is 318 Å². The van der Waals surface area contributed by atoms with Crippen LogP contribution in [0, 0.1) is 40.4 Å². The molecule has 0 aromatic rings. The zero-order chi connectivity index (χ0) is 38.7. The molecular formula is C40H64O14. The van der Waals surface area contributed by atoms with Gasteiger partial charge in [0.25, 0.3) is 0 Å². The van der Waals surface area contributed by atoms with Gasteiger partial charge in [0.15, 0.2) is 24.7 Å². The molecule has 0 radical (unpaired) electrons. The largest absolute Gasteiger partial charge is 0.394 e. The number of fused-ring (bicyclic) bond motifs is 7. The number of aliphatic hydroxyl groups is 7. The Hall–Kier alpha value is -0.820. The van der Waals surface area contributed by atoms with Gasteiger partial charge in [0.1, 0.15) is 48.3 Å². The summed E-state index contributed by atoms with van der Waals surface area (Å²) in [7, 11) is 1.68. The second-order valence-electron chi connectivity index (χ2n) is 18.6. The molecule has 1 spiro atoms. The highest BCUT2D eigenvalue weighted by Crippen LogP contribution is 2.72. The van der Waals surface area contributed by atoms with Crippen molar-refractivity contribution in [2.45, 2.75) is 184 Å². The van der Waals surface area contributed by atoms with Crippen molar-refractivity contribution in [3.63, 3.8) is 0 Å². The SMILES string of the molecule is CO[C@@H]1O[C@]2(CC[C@H]1C)O[C@H]1C[C@H]3[C@@H]4CC=C5C[C@@H](O[C@@H]6O[C@H](CO)[C@@H](O)[C@H](O)[C@H]6O[C@@H]6O[C@@H](C)[C@H](O)[C@@H](O)[C@H]6O)CC[C@]5(C)[C@H]4CC[C@]3(C)[C@@]1(O)[C@@H]2C. The summed E-state index contributed by atoms with van der Waals surface area (Å²) in [4.78, 5) is 0. The van der Waals surface area contributed by atoms with Crippen LogP contribution in [0.15, 0.2) is 11.6 Å². The highest BCUT2D eigenvalue weighted by molar-refractivity contribution is 5.29. The summed E-state index contributed by atoms with van der Waals surface area (Å²) in [6, 6.07) is 0. The minimum Gasteiger partial charge on any atom is -0.394 e. The molecule has 0 aromatic carbocycles. The molecule has 4 heterocycles. The zero-order valence-electron chi connectivity index (χ0n) is 32.5. The number of ether oxygens (including phenoxy) is 7. The van der Waals surface area contributed by atoms with Crippen LogP contribution in [0.25, 0.3) is 0 Å². The Morgan fingerprint density at radius 2 is 1.56 bits per heavy atom. The first-order valence-electron chi connectivity index (χ1n) is 20.5. The summed E-state index contributed by atoms with van der Waals surface area (Å²) in [5, 5.41) is 75.8. The molecule has 308 valence electrons. The topological polar surface area (TPSA) is 206 Å². The lowest BCUT2D eigenvalue weighted by Gasteiger charge is -2.60. The van der Waals surface area contributed by atoms with Crippen LogP contribution in [0.3, 0.4) is 0 Å². The van der Waals surface area contributed by atoms with Crippen molar-refractivity contribution < 1.29 is 68.9 Å². The number of methoxy groups -OCH3 is 1. The third kappa shape index (κ3) is 5.79. The van der Waals surface area contributed by atoms with Gasteiger partial charge in [-0.15, -0.1) is 0 Å². The van der Waals surface area contributed by atoms with E-state index in [1.807, 2.05) is 0 Å². The molecule has 0 amide bonds. The number of hydrogen-bond donors (Lipinski definition) is 7. The van der Waals surface area contributed by atoms with Gasteiger partial charge in [0.2, 0.25) is 0 Å². The molecule has 8 aliphatic rings. The van der Waals surface area contributed by atoms with Crippen LogP contribution in [0.2, 0.25) is 0 Å². The summed E-state index contributed by atoms with van der Waals surface area (Å²) in [5.41, 5.74) is -0.0616. The second kappa shape index (κ2) is 14.2. The van der Waals surface area contributed by atoms with E-state index in [1.165, 1.54) is 12.5 Å². The van der Waals surface area contributed by atoms with Crippen LogP contribution >= 0.6 is 0 Å². The lowest BCUT2D eigenvalue weighted by molar-refractivity contribution is -0.369. The van der Waals surface area contributed by atoms with Crippen molar-refractivity contribution in [2.24, 2.45) is 40.4 Å². The molecule has 22 atom stereocenters. The van der Waals surface area contributed by atoms with Gasteiger partial charge >= 0.3 is 0 Å². The molecule has 54 heavy (non-hydrogen) atoms. The van der Waals surface area contributed by atoms with Crippen LogP contribution in [-0.4, -0.2) is 141 Å². The van der Waals surface area contributed by atoms with Crippen molar-refractivity contribution in [1.29, 1.82) is 0 Å². The number of rotatable bonds is 6. The number of allylic oxidation sites excluding steroid dienone is 1. The third-order valence-electron chi connectivity index (χ3n) is 16.2. The average molecular weight is 769 g/mol. The Kier molecular flexibility index (Phi) is 10.5. The molecular weight excluding hydrogens is 704 g/mol. The minimum atomic E-state index is -1.63. The van der Waals surface area contributed by atoms with Gasteiger partial charge in [-0.25, -0.2) is 0 Å². The maximum atomic E-state index is 12.8. The monoisotopic (exact) mass is 768 g/mol. The van der Waals surface area contributed by atoms with Gasteiger partial charge in [-0.1, -0.05) is 39.3 Å². The van der Waals surface area contributed by atoms with Crippen molar-refractivity contribution in [3.8, 4) is 0 Å². The fourth-order valence-electron chi connectivity index (χ4n) is 12.8. The standard InChI is InChI=1S/C40H64O14/c1-18-9-14-39(54-34(18)48-6)20(3)40(47)27(53-39)16-25-23-8-7-21-15-22(10-12-37(21,4)24(23)11-13-38(25,40)5)50-36-33(31(45)29(43)26(17-41)51-36)52-35-32(46)30(44)28(42)19(2)49-35/h7,18-20,22-36,41-47H,8-17H2,1-6H3/t18-,19+,20-,22+,23-,24+,25+,26-,27+,28+,29-,30-,31+,32-,33-,34-,35+,36-,37+,38+,39+,40-/m1/s1. The van der Waals surface area contributed by atoms with E-state index >= 15 is 0 Å². The van der Waals surface area contributed by atoms with Crippen LogP contribution in [-0.2, 0) is 33.2 Å². The van der Waals surface area contributed by atoms with Gasteiger partial charge in [0, 0.05) is 30.8 Å². The van der Waals surface area contributed by atoms with Crippen molar-refractivity contribution in [2.75, 3.05) is 13.7 Å². The first kappa shape index (κ1) is 40.0. The molecule has 8 rings (SSSR count). The average Bonchev–Trinajstić information content (AvgIpc) is 3.51. The minimum absolute atomic E-state index is 0.0632. The maximum Gasteiger partial charge on any atom is 0.187 e. The van der Waals surface area contributed by atoms with Crippen LogP contribution in [0.5, 0.6) is 0 Å². The van der Waals surface area contributed by atoms with E-state index < -0.39 is 79.4 Å². The van der Waals surface area contributed by atoms with E-state index in [0.29, 0.717) is 30.6 Å². The van der Waals surface area contributed by atoms with Crippen LogP contribution < -0.4 is 0 Å². The number of hydrogen-bond acceptors (Lipinski definition) is 14. The molecule has 4 aliphatic carbocycles. The second-order valence-corrected chi connectivity index (χ2v) is 18.6. The third-order valence-corrected chi connectivity index (χ3v) is 16.2. The predicted octanol–water partition coefficient (Wildman–Crippen LogP) is 1.48. The van der Waals surface area contributed by atoms with E-state index in [2.05, 4.69) is 33.8 Å². The normalized spacial score (nSPS) is 58.6. The van der Waals surface area contributed by atoms with E-state index in [9.17, 15) is 35.7 Å². The Balaban J connectivity index is 0.976. The lowest BCUT2D eigenvalue weighted by atomic mass is 9.46. The Bertz CT molecular complexity index is 1420. The fraction of sp³-hybridized carbons (Fsp3) is 0.950. The van der Waals surface area contributed by atoms with E-state index in [4.69, 9.17) is 33.2 Å². The van der Waals surface area contributed by atoms with Gasteiger partial charge in [-0.3, -0.25) is 0 Å². The van der Waals surface area contributed by atoms with Crippen molar-refractivity contribution >= 4 is 0 Å². The maximum absolute atomic E-state index is 12.8. The molecule has 7 fully saturated rings. The van der Waals surface area contributed by atoms with Gasteiger partial charge in [0.05, 0.1) is 24.9 Å². The summed E-state index contributed by atoms with van der Waals surface area (Å²) in [6.07, 6.45) is -4.73. The smallest absolute Gasteiger partial charge is 0.187 e. The lowest BCUT2D eigenvalue weighted by Crippen LogP contribution is -2.64. The molecule has 7 N–H and O–H groups in total. The summed E-state index contributed by atoms with van der Waals surface area (Å²) < 4.78 is 43.2. The fourth-order valence-corrected chi connectivity index (χ4v) is 12.8. The molecule has 3 saturated carbocycles.